The van der Waals surface area contributed by atoms with Crippen molar-refractivity contribution in [3.63, 3.8) is 0 Å². The summed E-state index contributed by atoms with van der Waals surface area (Å²) in [5.41, 5.74) is 1.38. The molecule has 0 aliphatic carbocycles. The van der Waals surface area contributed by atoms with Crippen LogP contribution in [0.25, 0.3) is 10.9 Å². The molecule has 0 amide bonds. The number of fused-ring (bicyclic) bond motifs is 1. The predicted octanol–water partition coefficient (Wildman–Crippen LogP) is 2.12. The highest BCUT2D eigenvalue weighted by Crippen LogP contribution is 2.25. The standard InChI is InChI=1S/C17H23N3O2S/c1-13-7-8-15-5-4-6-16(17(15)18-13)23(21,22)20(3)12-14-9-10-19(2)11-14/h4-8,14H,9-12H2,1-3H3/t14-/m1/s1. The van der Waals surface area contributed by atoms with E-state index in [-0.39, 0.29) is 0 Å². The summed E-state index contributed by atoms with van der Waals surface area (Å²) in [7, 11) is 0.209. The Morgan fingerprint density at radius 1 is 1.30 bits per heavy atom. The summed E-state index contributed by atoms with van der Waals surface area (Å²) in [5.74, 6) is 0.393. The lowest BCUT2D eigenvalue weighted by Crippen LogP contribution is -2.33. The van der Waals surface area contributed by atoms with Gasteiger partial charge in [-0.1, -0.05) is 18.2 Å². The van der Waals surface area contributed by atoms with Crippen molar-refractivity contribution in [1.29, 1.82) is 0 Å². The van der Waals surface area contributed by atoms with Crippen molar-refractivity contribution >= 4 is 20.9 Å². The predicted molar refractivity (Wildman–Crippen MR) is 91.9 cm³/mol. The normalized spacial score (nSPS) is 19.7. The first kappa shape index (κ1) is 16.4. The van der Waals surface area contributed by atoms with Crippen LogP contribution in [0.3, 0.4) is 0 Å². The average Bonchev–Trinajstić information content (AvgIpc) is 2.91. The smallest absolute Gasteiger partial charge is 0.244 e. The quantitative estimate of drug-likeness (QED) is 0.860. The molecular weight excluding hydrogens is 310 g/mol. The molecule has 2 heterocycles. The van der Waals surface area contributed by atoms with Gasteiger partial charge in [-0.2, -0.15) is 0 Å². The van der Waals surface area contributed by atoms with E-state index in [0.29, 0.717) is 22.9 Å². The molecule has 0 bridgehead atoms. The van der Waals surface area contributed by atoms with E-state index in [1.165, 1.54) is 4.31 Å². The minimum Gasteiger partial charge on any atom is -0.306 e. The first-order valence-electron chi connectivity index (χ1n) is 7.89. The van der Waals surface area contributed by atoms with E-state index in [9.17, 15) is 8.42 Å². The molecule has 1 aliphatic heterocycles. The molecule has 0 N–H and O–H groups in total. The number of hydrogen-bond acceptors (Lipinski definition) is 4. The van der Waals surface area contributed by atoms with Crippen molar-refractivity contribution in [3.05, 3.63) is 36.0 Å². The van der Waals surface area contributed by atoms with Gasteiger partial charge in [-0.15, -0.1) is 0 Å². The fourth-order valence-electron chi connectivity index (χ4n) is 3.23. The highest BCUT2D eigenvalue weighted by Gasteiger charge is 2.28. The summed E-state index contributed by atoms with van der Waals surface area (Å²) in [5, 5.41) is 0.852. The molecule has 0 spiro atoms. The van der Waals surface area contributed by atoms with E-state index in [1.807, 2.05) is 25.1 Å². The van der Waals surface area contributed by atoms with Crippen LogP contribution in [0.5, 0.6) is 0 Å². The molecule has 1 fully saturated rings. The lowest BCUT2D eigenvalue weighted by Gasteiger charge is -2.21. The van der Waals surface area contributed by atoms with Gasteiger partial charge in [0.2, 0.25) is 10.0 Å². The van der Waals surface area contributed by atoms with Crippen molar-refractivity contribution in [2.24, 2.45) is 5.92 Å². The third-order valence-corrected chi connectivity index (χ3v) is 6.37. The first-order valence-corrected chi connectivity index (χ1v) is 9.33. The Morgan fingerprint density at radius 2 is 2.09 bits per heavy atom. The number of benzene rings is 1. The minimum absolute atomic E-state index is 0.299. The van der Waals surface area contributed by atoms with Gasteiger partial charge in [0, 0.05) is 31.2 Å². The molecule has 1 aromatic carbocycles. The summed E-state index contributed by atoms with van der Waals surface area (Å²) >= 11 is 0. The van der Waals surface area contributed by atoms with Crippen LogP contribution in [0.2, 0.25) is 0 Å². The number of likely N-dealkylation sites (tertiary alicyclic amines) is 1. The SMILES string of the molecule is Cc1ccc2cccc(S(=O)(=O)N(C)C[C@@H]3CCN(C)C3)c2n1. The fourth-order valence-corrected chi connectivity index (χ4v) is 4.63. The Balaban J connectivity index is 1.94. The van der Waals surface area contributed by atoms with E-state index >= 15 is 0 Å². The maximum atomic E-state index is 13.0. The second-order valence-corrected chi connectivity index (χ2v) is 8.50. The van der Waals surface area contributed by atoms with Crippen LogP contribution in [0.15, 0.2) is 35.2 Å². The Bertz CT molecular complexity index is 820. The number of nitrogens with zero attached hydrogens (tertiary/aromatic N) is 3. The lowest BCUT2D eigenvalue weighted by molar-refractivity contribution is 0.357. The van der Waals surface area contributed by atoms with Crippen LogP contribution >= 0.6 is 0 Å². The van der Waals surface area contributed by atoms with Gasteiger partial charge in [0.15, 0.2) is 0 Å². The maximum Gasteiger partial charge on any atom is 0.244 e. The molecular formula is C17H23N3O2S. The first-order chi connectivity index (χ1) is 10.9. The van der Waals surface area contributed by atoms with Crippen LogP contribution in [-0.4, -0.2) is 56.3 Å². The third kappa shape index (κ3) is 3.24. The van der Waals surface area contributed by atoms with Gasteiger partial charge >= 0.3 is 0 Å². The number of aryl methyl sites for hydroxylation is 1. The number of para-hydroxylation sites is 1. The molecule has 5 nitrogen and oxygen atoms in total. The monoisotopic (exact) mass is 333 g/mol. The number of rotatable bonds is 4. The summed E-state index contributed by atoms with van der Waals surface area (Å²) in [4.78, 5) is 7.00. The molecule has 3 rings (SSSR count). The van der Waals surface area contributed by atoms with E-state index in [1.54, 1.807) is 19.2 Å². The highest BCUT2D eigenvalue weighted by atomic mass is 32.2. The van der Waals surface area contributed by atoms with Crippen LogP contribution in [0.4, 0.5) is 0 Å². The molecule has 0 saturated carbocycles. The van der Waals surface area contributed by atoms with Crippen molar-refractivity contribution in [1.82, 2.24) is 14.2 Å². The minimum atomic E-state index is -3.53. The zero-order valence-electron chi connectivity index (χ0n) is 13.9. The number of aromatic nitrogens is 1. The zero-order valence-corrected chi connectivity index (χ0v) is 14.7. The Hall–Kier alpha value is -1.50. The number of sulfonamides is 1. The molecule has 124 valence electrons. The van der Waals surface area contributed by atoms with Crippen molar-refractivity contribution in [2.45, 2.75) is 18.2 Å². The largest absolute Gasteiger partial charge is 0.306 e. The molecule has 6 heteroatoms. The van der Waals surface area contributed by atoms with Crippen molar-refractivity contribution in [3.8, 4) is 0 Å². The number of pyridine rings is 1. The van der Waals surface area contributed by atoms with E-state index in [4.69, 9.17) is 0 Å². The highest BCUT2D eigenvalue weighted by molar-refractivity contribution is 7.89. The molecule has 0 radical (unpaired) electrons. The lowest BCUT2D eigenvalue weighted by atomic mass is 10.1. The van der Waals surface area contributed by atoms with Crippen LogP contribution in [0.1, 0.15) is 12.1 Å². The maximum absolute atomic E-state index is 13.0. The molecule has 2 aromatic rings. The summed E-state index contributed by atoms with van der Waals surface area (Å²) < 4.78 is 27.5. The Morgan fingerprint density at radius 3 is 2.78 bits per heavy atom. The van der Waals surface area contributed by atoms with Gasteiger partial charge in [-0.3, -0.25) is 4.98 Å². The van der Waals surface area contributed by atoms with Gasteiger partial charge in [0.05, 0.1) is 5.52 Å². The van der Waals surface area contributed by atoms with Gasteiger partial charge in [-0.05, 0) is 45.0 Å². The van der Waals surface area contributed by atoms with E-state index in [2.05, 4.69) is 16.9 Å². The summed E-state index contributed by atoms with van der Waals surface area (Å²) in [6.07, 6.45) is 1.04. The Kier molecular flexibility index (Phi) is 4.40. The number of hydrogen-bond donors (Lipinski definition) is 0. The fraction of sp³-hybridized carbons (Fsp3) is 0.471. The topological polar surface area (TPSA) is 53.5 Å². The second kappa shape index (κ2) is 6.19. The zero-order chi connectivity index (χ0) is 16.6. The van der Waals surface area contributed by atoms with Crippen LogP contribution < -0.4 is 0 Å². The van der Waals surface area contributed by atoms with Crippen molar-refractivity contribution < 1.29 is 8.42 Å². The average molecular weight is 333 g/mol. The van der Waals surface area contributed by atoms with Crippen molar-refractivity contribution in [2.75, 3.05) is 33.7 Å². The Labute approximate surface area is 138 Å². The van der Waals surface area contributed by atoms with Gasteiger partial charge in [0.25, 0.3) is 0 Å². The van der Waals surface area contributed by atoms with Crippen LogP contribution in [-0.2, 0) is 10.0 Å². The molecule has 0 unspecified atom stereocenters. The van der Waals surface area contributed by atoms with Gasteiger partial charge in [-0.25, -0.2) is 12.7 Å². The van der Waals surface area contributed by atoms with E-state index < -0.39 is 10.0 Å². The third-order valence-electron chi connectivity index (χ3n) is 4.51. The molecule has 1 aromatic heterocycles. The summed E-state index contributed by atoms with van der Waals surface area (Å²) in [6, 6.07) is 9.15. The second-order valence-electron chi connectivity index (χ2n) is 6.48. The molecule has 1 saturated heterocycles. The van der Waals surface area contributed by atoms with E-state index in [0.717, 1.165) is 30.6 Å². The van der Waals surface area contributed by atoms with Gasteiger partial charge < -0.3 is 4.90 Å². The molecule has 1 atom stereocenters. The van der Waals surface area contributed by atoms with Crippen LogP contribution in [0, 0.1) is 12.8 Å². The summed E-state index contributed by atoms with van der Waals surface area (Å²) in [6.45, 7) is 4.41. The van der Waals surface area contributed by atoms with Gasteiger partial charge in [0.1, 0.15) is 4.90 Å². The molecule has 1 aliphatic rings. The molecule has 23 heavy (non-hydrogen) atoms.